The van der Waals surface area contributed by atoms with Gasteiger partial charge in [0.15, 0.2) is 0 Å². The van der Waals surface area contributed by atoms with E-state index in [1.807, 2.05) is 12.1 Å². The van der Waals surface area contributed by atoms with Crippen LogP contribution in [-0.2, 0) is 13.1 Å². The van der Waals surface area contributed by atoms with E-state index in [9.17, 15) is 4.79 Å². The number of nitrogens with one attached hydrogen (secondary N) is 2. The van der Waals surface area contributed by atoms with Gasteiger partial charge in [0.2, 0.25) is 0 Å². The lowest BCUT2D eigenvalue weighted by Crippen LogP contribution is -2.28. The maximum Gasteiger partial charge on any atom is 0.251 e. The number of carbonyl (C=O) groups is 1. The summed E-state index contributed by atoms with van der Waals surface area (Å²) in [4.78, 5) is 12.1. The Balaban J connectivity index is 1.74. The van der Waals surface area contributed by atoms with Gasteiger partial charge in [-0.25, -0.2) is 0 Å². The third-order valence-corrected chi connectivity index (χ3v) is 3.92. The van der Waals surface area contributed by atoms with Gasteiger partial charge in [-0.3, -0.25) is 4.79 Å². The van der Waals surface area contributed by atoms with Gasteiger partial charge < -0.3 is 10.6 Å². The van der Waals surface area contributed by atoms with Crippen LogP contribution in [0.25, 0.3) is 0 Å². The summed E-state index contributed by atoms with van der Waals surface area (Å²) in [7, 11) is 0. The second-order valence-electron chi connectivity index (χ2n) is 5.81. The zero-order valence-electron chi connectivity index (χ0n) is 10.3. The summed E-state index contributed by atoms with van der Waals surface area (Å²) in [6.45, 7) is 6.17. The van der Waals surface area contributed by atoms with Crippen LogP contribution in [0.5, 0.6) is 0 Å². The zero-order valence-corrected chi connectivity index (χ0v) is 10.3. The first-order chi connectivity index (χ1) is 8.06. The Hall–Kier alpha value is -1.35. The van der Waals surface area contributed by atoms with E-state index in [1.54, 1.807) is 0 Å². The molecule has 1 aromatic carbocycles. The van der Waals surface area contributed by atoms with Gasteiger partial charge in [-0.1, -0.05) is 19.9 Å². The summed E-state index contributed by atoms with van der Waals surface area (Å²) in [5.74, 6) is 0.0651. The van der Waals surface area contributed by atoms with Gasteiger partial charge in [0.25, 0.3) is 5.91 Å². The van der Waals surface area contributed by atoms with Crippen molar-refractivity contribution >= 4 is 5.91 Å². The van der Waals surface area contributed by atoms with Crippen molar-refractivity contribution in [3.05, 3.63) is 34.9 Å². The van der Waals surface area contributed by atoms with Crippen molar-refractivity contribution in [2.45, 2.75) is 39.4 Å². The Morgan fingerprint density at radius 3 is 2.76 bits per heavy atom. The Morgan fingerprint density at radius 2 is 2.06 bits per heavy atom. The minimum Gasteiger partial charge on any atom is -0.349 e. The van der Waals surface area contributed by atoms with Crippen LogP contribution in [0.4, 0.5) is 0 Å². The average molecular weight is 230 g/mol. The molecule has 3 nitrogen and oxygen atoms in total. The average Bonchev–Trinajstić information content (AvgIpc) is 2.74. The minimum absolute atomic E-state index is 0.0651. The molecule has 1 aliphatic heterocycles. The fourth-order valence-corrected chi connectivity index (χ4v) is 2.39. The highest BCUT2D eigenvalue weighted by Crippen LogP contribution is 2.44. The third kappa shape index (κ3) is 1.95. The molecular weight excluding hydrogens is 212 g/mol. The molecule has 1 aliphatic carbocycles. The lowest BCUT2D eigenvalue weighted by Gasteiger charge is -2.08. The molecule has 3 heteroatoms. The highest BCUT2D eigenvalue weighted by atomic mass is 16.1. The molecule has 1 unspecified atom stereocenters. The van der Waals surface area contributed by atoms with Crippen LogP contribution in [0.3, 0.4) is 0 Å². The van der Waals surface area contributed by atoms with E-state index in [2.05, 4.69) is 30.5 Å². The molecule has 17 heavy (non-hydrogen) atoms. The molecule has 1 amide bonds. The Labute approximate surface area is 102 Å². The number of hydrogen-bond acceptors (Lipinski definition) is 2. The monoisotopic (exact) mass is 230 g/mol. The number of benzene rings is 1. The highest BCUT2D eigenvalue weighted by Gasteiger charge is 2.46. The fourth-order valence-electron chi connectivity index (χ4n) is 2.39. The SMILES string of the molecule is CC1(C)CC1NC(=O)c1ccc2c(c1)CNC2. The van der Waals surface area contributed by atoms with Crippen LogP contribution < -0.4 is 10.6 Å². The number of rotatable bonds is 2. The molecule has 2 N–H and O–H groups in total. The first-order valence-corrected chi connectivity index (χ1v) is 6.20. The second kappa shape index (κ2) is 3.57. The van der Waals surface area contributed by atoms with Gasteiger partial charge in [-0.15, -0.1) is 0 Å². The van der Waals surface area contributed by atoms with E-state index in [1.165, 1.54) is 11.1 Å². The van der Waals surface area contributed by atoms with Crippen molar-refractivity contribution in [3.63, 3.8) is 0 Å². The number of hydrogen-bond donors (Lipinski definition) is 2. The summed E-state index contributed by atoms with van der Waals surface area (Å²) in [6.07, 6.45) is 1.09. The summed E-state index contributed by atoms with van der Waals surface area (Å²) in [5, 5.41) is 6.38. The molecule has 0 spiro atoms. The van der Waals surface area contributed by atoms with Crippen molar-refractivity contribution in [2.75, 3.05) is 0 Å². The van der Waals surface area contributed by atoms with Crippen molar-refractivity contribution in [2.24, 2.45) is 5.41 Å². The molecule has 90 valence electrons. The molecule has 0 radical (unpaired) electrons. The maximum absolute atomic E-state index is 12.1. The van der Waals surface area contributed by atoms with Crippen LogP contribution in [0.2, 0.25) is 0 Å². The lowest BCUT2D eigenvalue weighted by molar-refractivity contribution is 0.0946. The molecule has 0 saturated heterocycles. The molecule has 1 fully saturated rings. The third-order valence-electron chi connectivity index (χ3n) is 3.92. The molecule has 1 atom stereocenters. The largest absolute Gasteiger partial charge is 0.349 e. The summed E-state index contributed by atoms with van der Waals surface area (Å²) in [6, 6.07) is 6.35. The number of carbonyl (C=O) groups excluding carboxylic acids is 1. The highest BCUT2D eigenvalue weighted by molar-refractivity contribution is 5.95. The van der Waals surface area contributed by atoms with Gasteiger partial charge >= 0.3 is 0 Å². The van der Waals surface area contributed by atoms with E-state index in [0.717, 1.165) is 25.1 Å². The second-order valence-corrected chi connectivity index (χ2v) is 5.81. The number of fused-ring (bicyclic) bond motifs is 1. The summed E-state index contributed by atoms with van der Waals surface area (Å²) < 4.78 is 0. The van der Waals surface area contributed by atoms with Gasteiger partial charge in [0, 0.05) is 24.7 Å². The first-order valence-electron chi connectivity index (χ1n) is 6.20. The van der Waals surface area contributed by atoms with Gasteiger partial charge in [-0.2, -0.15) is 0 Å². The molecule has 0 aromatic heterocycles. The van der Waals surface area contributed by atoms with Crippen molar-refractivity contribution < 1.29 is 4.79 Å². The zero-order chi connectivity index (χ0) is 12.0. The fraction of sp³-hybridized carbons (Fsp3) is 0.500. The molecule has 2 aliphatic rings. The quantitative estimate of drug-likeness (QED) is 0.813. The summed E-state index contributed by atoms with van der Waals surface area (Å²) >= 11 is 0. The molecule has 1 heterocycles. The Kier molecular flexibility index (Phi) is 2.26. The smallest absolute Gasteiger partial charge is 0.251 e. The van der Waals surface area contributed by atoms with E-state index in [0.29, 0.717) is 6.04 Å². The van der Waals surface area contributed by atoms with Crippen molar-refractivity contribution in [1.29, 1.82) is 0 Å². The standard InChI is InChI=1S/C14H18N2O/c1-14(2)6-12(14)16-13(17)9-3-4-10-7-15-8-11(10)5-9/h3-5,12,15H,6-8H2,1-2H3,(H,16,17). The van der Waals surface area contributed by atoms with Crippen molar-refractivity contribution in [1.82, 2.24) is 10.6 Å². The van der Waals surface area contributed by atoms with Gasteiger partial charge in [-0.05, 0) is 35.1 Å². The Bertz CT molecular complexity index is 479. The van der Waals surface area contributed by atoms with E-state index in [-0.39, 0.29) is 11.3 Å². The molecule has 1 aromatic rings. The van der Waals surface area contributed by atoms with E-state index in [4.69, 9.17) is 0 Å². The summed E-state index contributed by atoms with van der Waals surface area (Å²) in [5.41, 5.74) is 3.64. The molecular formula is C14H18N2O. The van der Waals surface area contributed by atoms with Gasteiger partial charge in [0.05, 0.1) is 0 Å². The maximum atomic E-state index is 12.1. The van der Waals surface area contributed by atoms with Crippen molar-refractivity contribution in [3.8, 4) is 0 Å². The topological polar surface area (TPSA) is 41.1 Å². The normalized spacial score (nSPS) is 24.2. The molecule has 1 saturated carbocycles. The van der Waals surface area contributed by atoms with Gasteiger partial charge in [0.1, 0.15) is 0 Å². The first kappa shape index (κ1) is 10.8. The number of amides is 1. The predicted molar refractivity (Wildman–Crippen MR) is 66.6 cm³/mol. The van der Waals surface area contributed by atoms with Crippen LogP contribution in [-0.4, -0.2) is 11.9 Å². The van der Waals surface area contributed by atoms with E-state index >= 15 is 0 Å². The van der Waals surface area contributed by atoms with Crippen LogP contribution in [0, 0.1) is 5.41 Å². The minimum atomic E-state index is 0.0651. The van der Waals surface area contributed by atoms with Crippen LogP contribution >= 0.6 is 0 Å². The predicted octanol–water partition coefficient (Wildman–Crippen LogP) is 1.82. The van der Waals surface area contributed by atoms with Crippen LogP contribution in [0.15, 0.2) is 18.2 Å². The van der Waals surface area contributed by atoms with Crippen LogP contribution in [0.1, 0.15) is 41.8 Å². The molecule has 3 rings (SSSR count). The van der Waals surface area contributed by atoms with E-state index < -0.39 is 0 Å². The molecule has 0 bridgehead atoms. The lowest BCUT2D eigenvalue weighted by atomic mass is 10.1. The Morgan fingerprint density at radius 1 is 1.35 bits per heavy atom.